The van der Waals surface area contributed by atoms with Crippen molar-refractivity contribution in [3.05, 3.63) is 89.0 Å². The van der Waals surface area contributed by atoms with Crippen LogP contribution >= 0.6 is 24.8 Å². The summed E-state index contributed by atoms with van der Waals surface area (Å²) >= 11 is 0. The highest BCUT2D eigenvalue weighted by Crippen LogP contribution is 2.25. The van der Waals surface area contributed by atoms with Gasteiger partial charge in [0.15, 0.2) is 0 Å². The Morgan fingerprint density at radius 3 is 2.15 bits per heavy atom. The molecule has 39 heavy (non-hydrogen) atoms. The molecule has 3 rings (SSSR count). The second kappa shape index (κ2) is 15.8. The summed E-state index contributed by atoms with van der Waals surface area (Å²) in [4.78, 5) is 12.5. The first kappa shape index (κ1) is 34.4. The molecular formula is C29H39Cl2N3O4S. The number of rotatable bonds is 12. The number of aliphatic hydroxyl groups is 1. The van der Waals surface area contributed by atoms with E-state index in [1.807, 2.05) is 24.3 Å². The quantitative estimate of drug-likeness (QED) is 0.174. The number of carbonyl (C=O) groups excluding carboxylic acids is 1. The molecular weight excluding hydrogens is 557 g/mol. The summed E-state index contributed by atoms with van der Waals surface area (Å²) in [6, 6.07) is 21.1. The number of aliphatic hydroxyl groups excluding tert-OH is 1. The maximum absolute atomic E-state index is 12.5. The molecule has 0 aliphatic heterocycles. The standard InChI is InChI=1S/C29H37N3O4S.2ClH/c1-20(2)17-25-18-24(12-15-27(25)29(34)32-37(3,35)36)22-8-6-21(7-9-22)5-4-16-31-19-28(33)23-10-13-26(30)14-11-23;;/h6-15,18,20,28,31,33H,4-5,16-17,19,30H2,1-3H3,(H,32,34);2*1H/t28-;;/m0../s1. The highest BCUT2D eigenvalue weighted by molar-refractivity contribution is 7.89. The Bertz CT molecular complexity index is 1300. The Kier molecular flexibility index (Phi) is 14.0. The lowest BCUT2D eigenvalue weighted by Crippen LogP contribution is -2.30. The molecule has 3 aromatic carbocycles. The summed E-state index contributed by atoms with van der Waals surface area (Å²) in [7, 11) is -3.63. The summed E-state index contributed by atoms with van der Waals surface area (Å²) in [5.74, 6) is -0.293. The van der Waals surface area contributed by atoms with Crippen LogP contribution in [0.5, 0.6) is 0 Å². The molecule has 0 heterocycles. The number of nitrogen functional groups attached to an aromatic ring is 1. The summed E-state index contributed by atoms with van der Waals surface area (Å²) < 4.78 is 25.1. The molecule has 0 bridgehead atoms. The molecule has 5 N–H and O–H groups in total. The molecule has 1 atom stereocenters. The van der Waals surface area contributed by atoms with Crippen LogP contribution in [0.2, 0.25) is 0 Å². The fourth-order valence-corrected chi connectivity index (χ4v) is 4.63. The van der Waals surface area contributed by atoms with Gasteiger partial charge in [-0.3, -0.25) is 4.79 Å². The highest BCUT2D eigenvalue weighted by atomic mass is 35.5. The topological polar surface area (TPSA) is 122 Å². The zero-order valence-electron chi connectivity index (χ0n) is 22.5. The van der Waals surface area contributed by atoms with Gasteiger partial charge in [-0.15, -0.1) is 24.8 Å². The first-order valence-electron chi connectivity index (χ1n) is 12.5. The summed E-state index contributed by atoms with van der Waals surface area (Å²) in [6.07, 6.45) is 2.93. The molecule has 0 saturated carbocycles. The first-order chi connectivity index (χ1) is 17.5. The summed E-state index contributed by atoms with van der Waals surface area (Å²) in [5.41, 5.74) is 11.7. The van der Waals surface area contributed by atoms with E-state index >= 15 is 0 Å². The van der Waals surface area contributed by atoms with Crippen LogP contribution in [0.25, 0.3) is 11.1 Å². The Hall–Kier alpha value is -2.62. The smallest absolute Gasteiger partial charge is 0.264 e. The van der Waals surface area contributed by atoms with Crippen molar-refractivity contribution in [1.29, 1.82) is 0 Å². The van der Waals surface area contributed by atoms with Crippen LogP contribution in [0.1, 0.15) is 53.4 Å². The molecule has 3 aromatic rings. The van der Waals surface area contributed by atoms with Gasteiger partial charge >= 0.3 is 0 Å². The van der Waals surface area contributed by atoms with Gasteiger partial charge in [-0.1, -0.05) is 62.4 Å². The molecule has 1 amide bonds. The van der Waals surface area contributed by atoms with Crippen molar-refractivity contribution in [2.24, 2.45) is 5.92 Å². The zero-order chi connectivity index (χ0) is 27.0. The Labute approximate surface area is 244 Å². The van der Waals surface area contributed by atoms with Crippen molar-refractivity contribution < 1.29 is 18.3 Å². The Morgan fingerprint density at radius 2 is 1.56 bits per heavy atom. The lowest BCUT2D eigenvalue weighted by molar-refractivity contribution is 0.0980. The fraction of sp³-hybridized carbons (Fsp3) is 0.345. The Balaban J connectivity index is 0.00000380. The van der Waals surface area contributed by atoms with Gasteiger partial charge < -0.3 is 16.2 Å². The molecule has 0 spiro atoms. The van der Waals surface area contributed by atoms with Crippen molar-refractivity contribution in [1.82, 2.24) is 10.0 Å². The molecule has 214 valence electrons. The molecule has 0 unspecified atom stereocenters. The number of sulfonamides is 1. The van der Waals surface area contributed by atoms with Gasteiger partial charge in [-0.05, 0) is 77.7 Å². The van der Waals surface area contributed by atoms with Crippen molar-refractivity contribution in [3.63, 3.8) is 0 Å². The molecule has 10 heteroatoms. The van der Waals surface area contributed by atoms with Crippen LogP contribution in [-0.2, 0) is 22.9 Å². The van der Waals surface area contributed by atoms with Crippen LogP contribution < -0.4 is 15.8 Å². The van der Waals surface area contributed by atoms with Crippen LogP contribution in [0.4, 0.5) is 5.69 Å². The number of nitrogens with two attached hydrogens (primary N) is 1. The van der Waals surface area contributed by atoms with E-state index in [1.165, 1.54) is 5.56 Å². The van der Waals surface area contributed by atoms with Crippen molar-refractivity contribution in [2.45, 2.75) is 39.2 Å². The van der Waals surface area contributed by atoms with Crippen molar-refractivity contribution in [2.75, 3.05) is 25.1 Å². The second-order valence-corrected chi connectivity index (χ2v) is 11.6. The van der Waals surface area contributed by atoms with Crippen LogP contribution in [0.15, 0.2) is 66.7 Å². The fourth-order valence-electron chi connectivity index (χ4n) is 4.18. The summed E-state index contributed by atoms with van der Waals surface area (Å²) in [6.45, 7) is 5.41. The average molecular weight is 597 g/mol. The van der Waals surface area contributed by atoms with E-state index in [9.17, 15) is 18.3 Å². The van der Waals surface area contributed by atoms with E-state index in [-0.39, 0.29) is 24.8 Å². The number of carbonyl (C=O) groups is 1. The van der Waals surface area contributed by atoms with Crippen molar-refractivity contribution >= 4 is 46.4 Å². The molecule has 0 aliphatic carbocycles. The minimum Gasteiger partial charge on any atom is -0.399 e. The number of amides is 1. The number of halogens is 2. The highest BCUT2D eigenvalue weighted by Gasteiger charge is 2.17. The molecule has 0 aromatic heterocycles. The third kappa shape index (κ3) is 11.2. The molecule has 0 fully saturated rings. The van der Waals surface area contributed by atoms with E-state index in [2.05, 4.69) is 48.2 Å². The molecule has 0 aliphatic rings. The monoisotopic (exact) mass is 595 g/mol. The minimum absolute atomic E-state index is 0. The molecule has 0 radical (unpaired) electrons. The normalized spacial score (nSPS) is 11.8. The van der Waals surface area contributed by atoms with Gasteiger partial charge in [0.05, 0.1) is 12.4 Å². The van der Waals surface area contributed by atoms with Gasteiger partial charge in [0.25, 0.3) is 5.91 Å². The van der Waals surface area contributed by atoms with Crippen LogP contribution in [-0.4, -0.2) is 38.8 Å². The predicted molar refractivity (Wildman–Crippen MR) is 164 cm³/mol. The van der Waals surface area contributed by atoms with E-state index in [1.54, 1.807) is 18.2 Å². The number of nitrogens with one attached hydrogen (secondary N) is 2. The zero-order valence-corrected chi connectivity index (χ0v) is 25.0. The van der Waals surface area contributed by atoms with Gasteiger partial charge in [0.2, 0.25) is 10.0 Å². The SMILES string of the molecule is CC(C)Cc1cc(-c2ccc(CCCNC[C@H](O)c3ccc(N)cc3)cc2)ccc1C(=O)NS(C)(=O)=O.Cl.Cl. The summed E-state index contributed by atoms with van der Waals surface area (Å²) in [5, 5.41) is 13.6. The largest absolute Gasteiger partial charge is 0.399 e. The maximum atomic E-state index is 12.5. The van der Waals surface area contributed by atoms with Gasteiger partial charge in [-0.25, -0.2) is 13.1 Å². The first-order valence-corrected chi connectivity index (χ1v) is 14.4. The number of hydrogen-bond donors (Lipinski definition) is 4. The Morgan fingerprint density at radius 1 is 0.949 bits per heavy atom. The number of aryl methyl sites for hydroxylation is 1. The lowest BCUT2D eigenvalue weighted by Gasteiger charge is -2.14. The van der Waals surface area contributed by atoms with E-state index in [4.69, 9.17) is 5.73 Å². The maximum Gasteiger partial charge on any atom is 0.264 e. The third-order valence-corrected chi connectivity index (χ3v) is 6.58. The number of benzene rings is 3. The average Bonchev–Trinajstić information content (AvgIpc) is 2.83. The molecule has 0 saturated heterocycles. The molecule has 7 nitrogen and oxygen atoms in total. The van der Waals surface area contributed by atoms with Gasteiger partial charge in [-0.2, -0.15) is 0 Å². The predicted octanol–water partition coefficient (Wildman–Crippen LogP) is 4.92. The van der Waals surface area contributed by atoms with E-state index < -0.39 is 22.0 Å². The second-order valence-electron chi connectivity index (χ2n) is 9.86. The lowest BCUT2D eigenvalue weighted by atomic mass is 9.93. The van der Waals surface area contributed by atoms with Gasteiger partial charge in [0, 0.05) is 17.8 Å². The number of hydrogen-bond acceptors (Lipinski definition) is 6. The van der Waals surface area contributed by atoms with Gasteiger partial charge in [0.1, 0.15) is 0 Å². The van der Waals surface area contributed by atoms with Crippen molar-refractivity contribution in [3.8, 4) is 11.1 Å². The van der Waals surface area contributed by atoms with Crippen LogP contribution in [0.3, 0.4) is 0 Å². The minimum atomic E-state index is -3.63. The third-order valence-electron chi connectivity index (χ3n) is 6.02. The number of anilines is 1. The van der Waals surface area contributed by atoms with E-state index in [0.717, 1.165) is 47.9 Å². The van der Waals surface area contributed by atoms with E-state index in [0.29, 0.717) is 30.1 Å². The van der Waals surface area contributed by atoms with Crippen LogP contribution in [0, 0.1) is 5.92 Å².